The first kappa shape index (κ1) is 12.0. The van der Waals surface area contributed by atoms with Gasteiger partial charge in [0.05, 0.1) is 14.2 Å². The molecule has 1 heterocycles. The quantitative estimate of drug-likeness (QED) is 0.765. The third-order valence-electron chi connectivity index (χ3n) is 2.56. The zero-order chi connectivity index (χ0) is 13.3. The van der Waals surface area contributed by atoms with Gasteiger partial charge in [0.1, 0.15) is 5.56 Å². The van der Waals surface area contributed by atoms with Crippen molar-refractivity contribution in [3.8, 4) is 11.5 Å². The van der Waals surface area contributed by atoms with Crippen molar-refractivity contribution in [1.29, 1.82) is 0 Å². The maximum atomic E-state index is 11.8. The number of carbonyl (C=O) groups excluding carboxylic acids is 2. The van der Waals surface area contributed by atoms with Crippen molar-refractivity contribution in [2.45, 2.75) is 6.23 Å². The van der Waals surface area contributed by atoms with Crippen LogP contribution >= 0.6 is 0 Å². The van der Waals surface area contributed by atoms with Crippen molar-refractivity contribution in [1.82, 2.24) is 5.32 Å². The van der Waals surface area contributed by atoms with Crippen LogP contribution in [0.3, 0.4) is 0 Å². The Labute approximate surface area is 103 Å². The molecule has 2 rings (SSSR count). The Morgan fingerprint density at radius 2 is 2.11 bits per heavy atom. The summed E-state index contributed by atoms with van der Waals surface area (Å²) >= 11 is 0. The van der Waals surface area contributed by atoms with Crippen LogP contribution in [-0.4, -0.2) is 26.2 Å². The molecular formula is C11H12N2O5. The molecule has 18 heavy (non-hydrogen) atoms. The standard InChI is InChI=1S/C11H12N2O5/c1-16-6-4-3-5-7(8(6)17-2)10(14)18-9(5)13-11(12)15/h3-4,9H,1-2H3,(H3,12,13,15)/t9-/m1/s1. The smallest absolute Gasteiger partial charge is 0.344 e. The number of nitrogens with two attached hydrogens (primary N) is 1. The molecule has 0 saturated heterocycles. The predicted octanol–water partition coefficient (Wildman–Crippen LogP) is 0.541. The first-order chi connectivity index (χ1) is 8.58. The van der Waals surface area contributed by atoms with Crippen LogP contribution in [0, 0.1) is 0 Å². The number of rotatable bonds is 3. The lowest BCUT2D eigenvalue weighted by atomic mass is 10.1. The van der Waals surface area contributed by atoms with Gasteiger partial charge in [0, 0.05) is 5.56 Å². The van der Waals surface area contributed by atoms with Crippen LogP contribution in [0.4, 0.5) is 4.79 Å². The van der Waals surface area contributed by atoms with Crippen molar-refractivity contribution in [3.63, 3.8) is 0 Å². The molecule has 7 nitrogen and oxygen atoms in total. The lowest BCUT2D eigenvalue weighted by molar-refractivity contribution is 0.0339. The molecule has 0 aliphatic carbocycles. The van der Waals surface area contributed by atoms with Gasteiger partial charge in [-0.1, -0.05) is 0 Å². The number of ether oxygens (including phenoxy) is 3. The van der Waals surface area contributed by atoms with Gasteiger partial charge in [-0.25, -0.2) is 9.59 Å². The van der Waals surface area contributed by atoms with Crippen LogP contribution in [0.5, 0.6) is 11.5 Å². The molecule has 1 atom stereocenters. The van der Waals surface area contributed by atoms with Crippen molar-refractivity contribution >= 4 is 12.0 Å². The minimum Gasteiger partial charge on any atom is -0.493 e. The van der Waals surface area contributed by atoms with Gasteiger partial charge in [0.15, 0.2) is 11.5 Å². The Bertz CT molecular complexity index is 514. The molecule has 0 unspecified atom stereocenters. The van der Waals surface area contributed by atoms with E-state index in [0.29, 0.717) is 11.3 Å². The molecule has 7 heteroatoms. The summed E-state index contributed by atoms with van der Waals surface area (Å²) in [6, 6.07) is 2.45. The van der Waals surface area contributed by atoms with E-state index in [1.165, 1.54) is 14.2 Å². The Hall–Kier alpha value is -2.44. The zero-order valence-electron chi connectivity index (χ0n) is 9.85. The van der Waals surface area contributed by atoms with Crippen LogP contribution in [-0.2, 0) is 4.74 Å². The molecule has 0 fully saturated rings. The van der Waals surface area contributed by atoms with E-state index in [0.717, 1.165) is 0 Å². The van der Waals surface area contributed by atoms with Gasteiger partial charge >= 0.3 is 12.0 Å². The summed E-state index contributed by atoms with van der Waals surface area (Å²) in [5, 5.41) is 2.32. The lowest BCUT2D eigenvalue weighted by Crippen LogP contribution is -2.33. The number of cyclic esters (lactones) is 1. The first-order valence-corrected chi connectivity index (χ1v) is 5.10. The van der Waals surface area contributed by atoms with E-state index < -0.39 is 18.2 Å². The maximum absolute atomic E-state index is 11.8. The van der Waals surface area contributed by atoms with Gasteiger partial charge < -0.3 is 19.9 Å². The number of fused-ring (bicyclic) bond motifs is 1. The number of hydrogen-bond donors (Lipinski definition) is 2. The molecule has 1 aromatic carbocycles. The molecule has 0 aromatic heterocycles. The predicted molar refractivity (Wildman–Crippen MR) is 60.4 cm³/mol. The highest BCUT2D eigenvalue weighted by Crippen LogP contribution is 2.40. The molecule has 2 amide bonds. The van der Waals surface area contributed by atoms with E-state index in [9.17, 15) is 9.59 Å². The van der Waals surface area contributed by atoms with Crippen LogP contribution < -0.4 is 20.5 Å². The molecular weight excluding hydrogens is 240 g/mol. The fourth-order valence-corrected chi connectivity index (χ4v) is 1.84. The number of carbonyl (C=O) groups is 2. The molecule has 0 saturated carbocycles. The van der Waals surface area contributed by atoms with Crippen molar-refractivity contribution in [2.24, 2.45) is 5.73 Å². The average Bonchev–Trinajstić information content (AvgIpc) is 2.64. The van der Waals surface area contributed by atoms with Gasteiger partial charge in [-0.3, -0.25) is 5.32 Å². The number of benzene rings is 1. The summed E-state index contributed by atoms with van der Waals surface area (Å²) in [5.74, 6) is 0.0844. The topological polar surface area (TPSA) is 99.9 Å². The van der Waals surface area contributed by atoms with E-state index in [-0.39, 0.29) is 11.3 Å². The Morgan fingerprint density at radius 1 is 1.39 bits per heavy atom. The molecule has 3 N–H and O–H groups in total. The number of hydrogen-bond acceptors (Lipinski definition) is 5. The SMILES string of the molecule is COc1ccc2c(c1OC)C(=O)O[C@H]2NC(N)=O. The van der Waals surface area contributed by atoms with E-state index in [1.807, 2.05) is 0 Å². The maximum Gasteiger partial charge on any atom is 0.344 e. The van der Waals surface area contributed by atoms with E-state index >= 15 is 0 Å². The third kappa shape index (κ3) is 1.79. The van der Waals surface area contributed by atoms with Crippen LogP contribution in [0.15, 0.2) is 12.1 Å². The fraction of sp³-hybridized carbons (Fsp3) is 0.273. The van der Waals surface area contributed by atoms with Gasteiger partial charge in [-0.2, -0.15) is 0 Å². The second kappa shape index (κ2) is 4.44. The summed E-state index contributed by atoms with van der Waals surface area (Å²) in [6.07, 6.45) is -0.898. The number of primary amides is 1. The largest absolute Gasteiger partial charge is 0.493 e. The third-order valence-corrected chi connectivity index (χ3v) is 2.56. The highest BCUT2D eigenvalue weighted by molar-refractivity contribution is 5.98. The molecule has 1 aliphatic rings. The van der Waals surface area contributed by atoms with Gasteiger partial charge in [0.25, 0.3) is 0 Å². The number of esters is 1. The fourth-order valence-electron chi connectivity index (χ4n) is 1.84. The minimum absolute atomic E-state index is 0.232. The second-order valence-electron chi connectivity index (χ2n) is 3.56. The van der Waals surface area contributed by atoms with E-state index in [1.54, 1.807) is 12.1 Å². The van der Waals surface area contributed by atoms with Crippen LogP contribution in [0.25, 0.3) is 0 Å². The molecule has 0 spiro atoms. The molecule has 1 aromatic rings. The summed E-state index contributed by atoms with van der Waals surface area (Å²) < 4.78 is 15.2. The van der Waals surface area contributed by atoms with Gasteiger partial charge in [0.2, 0.25) is 6.23 Å². The minimum atomic E-state index is -0.898. The highest BCUT2D eigenvalue weighted by atomic mass is 16.6. The molecule has 96 valence electrons. The monoisotopic (exact) mass is 252 g/mol. The highest BCUT2D eigenvalue weighted by Gasteiger charge is 2.36. The van der Waals surface area contributed by atoms with Crippen molar-refractivity contribution < 1.29 is 23.8 Å². The summed E-state index contributed by atoms with van der Waals surface area (Å²) in [6.45, 7) is 0. The Balaban J connectivity index is 2.50. The normalized spacial score (nSPS) is 16.8. The van der Waals surface area contributed by atoms with Crippen molar-refractivity contribution in [2.75, 3.05) is 14.2 Å². The van der Waals surface area contributed by atoms with E-state index in [4.69, 9.17) is 19.9 Å². The summed E-state index contributed by atoms with van der Waals surface area (Å²) in [4.78, 5) is 22.6. The summed E-state index contributed by atoms with van der Waals surface area (Å²) in [7, 11) is 2.88. The number of urea groups is 1. The average molecular weight is 252 g/mol. The molecule has 1 aliphatic heterocycles. The summed E-state index contributed by atoms with van der Waals surface area (Å²) in [5.41, 5.74) is 5.72. The van der Waals surface area contributed by atoms with E-state index in [2.05, 4.69) is 5.32 Å². The van der Waals surface area contributed by atoms with Gasteiger partial charge in [-0.15, -0.1) is 0 Å². The molecule has 0 radical (unpaired) electrons. The zero-order valence-corrected chi connectivity index (χ0v) is 9.85. The van der Waals surface area contributed by atoms with Gasteiger partial charge in [-0.05, 0) is 12.1 Å². The number of methoxy groups -OCH3 is 2. The Morgan fingerprint density at radius 3 is 2.67 bits per heavy atom. The second-order valence-corrected chi connectivity index (χ2v) is 3.56. The first-order valence-electron chi connectivity index (χ1n) is 5.10. The lowest BCUT2D eigenvalue weighted by Gasteiger charge is -2.12. The number of amides is 2. The molecule has 0 bridgehead atoms. The van der Waals surface area contributed by atoms with Crippen molar-refractivity contribution in [3.05, 3.63) is 23.3 Å². The van der Waals surface area contributed by atoms with Crippen LogP contribution in [0.1, 0.15) is 22.1 Å². The van der Waals surface area contributed by atoms with Crippen LogP contribution in [0.2, 0.25) is 0 Å². The number of nitrogens with one attached hydrogen (secondary N) is 1. The Kier molecular flexibility index (Phi) is 2.97.